The van der Waals surface area contributed by atoms with Gasteiger partial charge in [-0.1, -0.05) is 46.6 Å². The number of nitrogens with one attached hydrogen (secondary N) is 1. The third-order valence-electron chi connectivity index (χ3n) is 4.68. The molecule has 0 fully saturated rings. The number of ether oxygens (including phenoxy) is 1. The molecule has 0 aliphatic carbocycles. The number of carbonyl (C=O) groups excluding carboxylic acids is 1. The van der Waals surface area contributed by atoms with Gasteiger partial charge in [-0.3, -0.25) is 9.36 Å². The monoisotopic (exact) mass is 532 g/mol. The summed E-state index contributed by atoms with van der Waals surface area (Å²) in [6.07, 6.45) is 0. The zero-order valence-corrected chi connectivity index (χ0v) is 21.0. The van der Waals surface area contributed by atoms with E-state index in [4.69, 9.17) is 39.5 Å². The third kappa shape index (κ3) is 5.85. The molecule has 1 aromatic heterocycles. The van der Waals surface area contributed by atoms with Gasteiger partial charge in [0.2, 0.25) is 5.91 Å². The highest BCUT2D eigenvalue weighted by Crippen LogP contribution is 2.30. The first-order valence-electron chi connectivity index (χ1n) is 10.3. The van der Waals surface area contributed by atoms with Crippen LogP contribution in [0.25, 0.3) is 17.1 Å². The molecule has 0 spiro atoms. The molecule has 0 bridgehead atoms. The summed E-state index contributed by atoms with van der Waals surface area (Å²) < 4.78 is 7.46. The van der Waals surface area contributed by atoms with Crippen LogP contribution in [0.15, 0.2) is 71.9 Å². The Labute approximate surface area is 216 Å². The fourth-order valence-corrected chi connectivity index (χ4v) is 4.32. The van der Waals surface area contributed by atoms with E-state index in [2.05, 4.69) is 15.5 Å². The van der Waals surface area contributed by atoms with Crippen molar-refractivity contribution in [1.82, 2.24) is 14.8 Å². The van der Waals surface area contributed by atoms with Crippen LogP contribution in [0.3, 0.4) is 0 Å². The van der Waals surface area contributed by atoms with Crippen LogP contribution >= 0.6 is 46.6 Å². The van der Waals surface area contributed by atoms with E-state index in [0.717, 1.165) is 17.0 Å². The van der Waals surface area contributed by atoms with Gasteiger partial charge < -0.3 is 10.1 Å². The molecule has 1 N–H and O–H groups in total. The maximum atomic E-state index is 12.6. The van der Waals surface area contributed by atoms with Crippen LogP contribution in [0.2, 0.25) is 15.1 Å². The summed E-state index contributed by atoms with van der Waals surface area (Å²) in [5.41, 5.74) is 2.25. The maximum Gasteiger partial charge on any atom is 0.234 e. The topological polar surface area (TPSA) is 69.0 Å². The number of hydrogen-bond donors (Lipinski definition) is 1. The van der Waals surface area contributed by atoms with Gasteiger partial charge in [-0.05, 0) is 73.7 Å². The van der Waals surface area contributed by atoms with Crippen LogP contribution in [0, 0.1) is 0 Å². The number of halogens is 3. The Hall–Kier alpha value is -2.71. The number of thioether (sulfide) groups is 1. The summed E-state index contributed by atoms with van der Waals surface area (Å²) in [5.74, 6) is 1.31. The highest BCUT2D eigenvalue weighted by Gasteiger charge is 2.18. The molecule has 0 radical (unpaired) electrons. The molecule has 4 rings (SSSR count). The maximum absolute atomic E-state index is 12.6. The second-order valence-corrected chi connectivity index (χ2v) is 9.23. The number of amides is 1. The standard InChI is InChI=1S/C24H19Cl3N4O2S/c1-2-33-19-10-8-18(9-11-19)31-23(15-3-5-16(25)6-4-15)29-30-24(31)34-14-22(32)28-17-7-12-20(26)21(27)13-17/h3-13H,2,14H2,1H3,(H,28,32). The Kier molecular flexibility index (Phi) is 8.00. The predicted octanol–water partition coefficient (Wildman–Crippen LogP) is 7.02. The lowest BCUT2D eigenvalue weighted by Gasteiger charge is -2.12. The van der Waals surface area contributed by atoms with Gasteiger partial charge in [0.25, 0.3) is 0 Å². The van der Waals surface area contributed by atoms with Crippen LogP contribution in [-0.4, -0.2) is 33.0 Å². The number of nitrogens with zero attached hydrogens (tertiary/aromatic N) is 3. The van der Waals surface area contributed by atoms with Crippen LogP contribution in [0.1, 0.15) is 6.92 Å². The average molecular weight is 534 g/mol. The van der Waals surface area contributed by atoms with E-state index in [1.54, 1.807) is 30.3 Å². The molecule has 10 heteroatoms. The van der Waals surface area contributed by atoms with Crippen molar-refractivity contribution in [2.75, 3.05) is 17.7 Å². The van der Waals surface area contributed by atoms with Crippen LogP contribution < -0.4 is 10.1 Å². The van der Waals surface area contributed by atoms with Crippen molar-refractivity contribution < 1.29 is 9.53 Å². The van der Waals surface area contributed by atoms with Crippen molar-refractivity contribution in [3.63, 3.8) is 0 Å². The summed E-state index contributed by atoms with van der Waals surface area (Å²) in [6.45, 7) is 2.52. The molecule has 1 amide bonds. The molecule has 0 unspecified atom stereocenters. The Bertz CT molecular complexity index is 1290. The molecule has 1 heterocycles. The zero-order chi connectivity index (χ0) is 24.1. The lowest BCUT2D eigenvalue weighted by atomic mass is 10.2. The summed E-state index contributed by atoms with van der Waals surface area (Å²) in [4.78, 5) is 12.6. The molecule has 3 aromatic carbocycles. The van der Waals surface area contributed by atoms with Crippen molar-refractivity contribution >= 4 is 58.2 Å². The third-order valence-corrected chi connectivity index (χ3v) is 6.60. The van der Waals surface area contributed by atoms with Crippen molar-refractivity contribution in [3.05, 3.63) is 81.8 Å². The molecule has 34 heavy (non-hydrogen) atoms. The second-order valence-electron chi connectivity index (χ2n) is 7.04. The average Bonchev–Trinajstić information content (AvgIpc) is 3.25. The molecule has 0 atom stereocenters. The van der Waals surface area contributed by atoms with E-state index >= 15 is 0 Å². The van der Waals surface area contributed by atoms with Crippen molar-refractivity contribution in [2.45, 2.75) is 12.1 Å². The van der Waals surface area contributed by atoms with E-state index in [1.807, 2.05) is 47.9 Å². The van der Waals surface area contributed by atoms with Gasteiger partial charge in [0.15, 0.2) is 11.0 Å². The normalized spacial score (nSPS) is 10.8. The number of aromatic nitrogens is 3. The number of anilines is 1. The van der Waals surface area contributed by atoms with Gasteiger partial charge in [-0.25, -0.2) is 0 Å². The van der Waals surface area contributed by atoms with Crippen molar-refractivity contribution in [2.24, 2.45) is 0 Å². The molecular weight excluding hydrogens is 515 g/mol. The van der Waals surface area contributed by atoms with Crippen LogP contribution in [-0.2, 0) is 4.79 Å². The number of benzene rings is 3. The van der Waals surface area contributed by atoms with Crippen molar-refractivity contribution in [1.29, 1.82) is 0 Å². The SMILES string of the molecule is CCOc1ccc(-n2c(SCC(=O)Nc3ccc(Cl)c(Cl)c3)nnc2-c2ccc(Cl)cc2)cc1. The lowest BCUT2D eigenvalue weighted by molar-refractivity contribution is -0.113. The Balaban J connectivity index is 1.59. The quantitative estimate of drug-likeness (QED) is 0.246. The van der Waals surface area contributed by atoms with Gasteiger partial charge in [-0.15, -0.1) is 10.2 Å². The summed E-state index contributed by atoms with van der Waals surface area (Å²) >= 11 is 19.3. The van der Waals surface area contributed by atoms with E-state index < -0.39 is 0 Å². The second kappa shape index (κ2) is 11.1. The highest BCUT2D eigenvalue weighted by atomic mass is 35.5. The largest absolute Gasteiger partial charge is 0.494 e. The molecule has 0 saturated carbocycles. The van der Waals surface area contributed by atoms with Gasteiger partial charge in [-0.2, -0.15) is 0 Å². The van der Waals surface area contributed by atoms with Gasteiger partial charge >= 0.3 is 0 Å². The van der Waals surface area contributed by atoms with Crippen LogP contribution in [0.5, 0.6) is 5.75 Å². The first-order valence-corrected chi connectivity index (χ1v) is 12.4. The molecule has 0 aliphatic rings. The molecule has 4 aromatic rings. The van der Waals surface area contributed by atoms with E-state index in [9.17, 15) is 4.79 Å². The molecular formula is C24H19Cl3N4O2S. The molecule has 0 saturated heterocycles. The Morgan fingerprint density at radius 2 is 1.71 bits per heavy atom. The Morgan fingerprint density at radius 1 is 0.971 bits per heavy atom. The first kappa shape index (κ1) is 24.4. The first-order chi connectivity index (χ1) is 16.4. The minimum Gasteiger partial charge on any atom is -0.494 e. The van der Waals surface area contributed by atoms with Gasteiger partial charge in [0.05, 0.1) is 22.4 Å². The van der Waals surface area contributed by atoms with E-state index in [-0.39, 0.29) is 11.7 Å². The smallest absolute Gasteiger partial charge is 0.234 e. The predicted molar refractivity (Wildman–Crippen MR) is 139 cm³/mol. The molecule has 0 aliphatic heterocycles. The van der Waals surface area contributed by atoms with E-state index in [1.165, 1.54) is 11.8 Å². The van der Waals surface area contributed by atoms with Crippen molar-refractivity contribution in [3.8, 4) is 22.8 Å². The zero-order valence-electron chi connectivity index (χ0n) is 18.0. The molecule has 6 nitrogen and oxygen atoms in total. The number of hydrogen-bond acceptors (Lipinski definition) is 5. The minimum absolute atomic E-state index is 0.121. The highest BCUT2D eigenvalue weighted by molar-refractivity contribution is 7.99. The lowest BCUT2D eigenvalue weighted by Crippen LogP contribution is -2.14. The summed E-state index contributed by atoms with van der Waals surface area (Å²) in [5, 5.41) is 13.5. The van der Waals surface area contributed by atoms with E-state index in [0.29, 0.717) is 38.3 Å². The molecule has 174 valence electrons. The fourth-order valence-electron chi connectivity index (χ4n) is 3.14. The fraction of sp³-hybridized carbons (Fsp3) is 0.125. The summed E-state index contributed by atoms with van der Waals surface area (Å²) in [7, 11) is 0. The number of carbonyl (C=O) groups is 1. The number of rotatable bonds is 8. The van der Waals surface area contributed by atoms with Gasteiger partial charge in [0, 0.05) is 22.0 Å². The minimum atomic E-state index is -0.210. The Morgan fingerprint density at radius 3 is 2.38 bits per heavy atom. The van der Waals surface area contributed by atoms with Gasteiger partial charge in [0.1, 0.15) is 5.75 Å². The summed E-state index contributed by atoms with van der Waals surface area (Å²) in [6, 6.07) is 19.9. The van der Waals surface area contributed by atoms with Crippen LogP contribution in [0.4, 0.5) is 5.69 Å².